The molecule has 1 rings (SSSR count). The lowest BCUT2D eigenvalue weighted by molar-refractivity contribution is -0.143. The standard InChI is InChI=1S/C16H23NO4S/c1-10(2)8-13(16(19)21-4)17-15(18)12-7-6-11(22-5)9-14(12)20-3/h6-7,9-10,13H,8H2,1-5H3,(H,17,18)/t13-/m1/s1. The summed E-state index contributed by atoms with van der Waals surface area (Å²) in [4.78, 5) is 25.2. The van der Waals surface area contributed by atoms with E-state index < -0.39 is 12.0 Å². The maximum absolute atomic E-state index is 12.4. The third-order valence-corrected chi connectivity index (χ3v) is 3.88. The van der Waals surface area contributed by atoms with Crippen LogP contribution >= 0.6 is 11.8 Å². The molecule has 1 aromatic rings. The molecule has 0 aromatic heterocycles. The Morgan fingerprint density at radius 3 is 2.45 bits per heavy atom. The quantitative estimate of drug-likeness (QED) is 0.617. The summed E-state index contributed by atoms with van der Waals surface area (Å²) in [7, 11) is 2.83. The summed E-state index contributed by atoms with van der Waals surface area (Å²) in [6.45, 7) is 3.96. The number of hydrogen-bond acceptors (Lipinski definition) is 5. The van der Waals surface area contributed by atoms with E-state index in [1.165, 1.54) is 14.2 Å². The largest absolute Gasteiger partial charge is 0.496 e. The van der Waals surface area contributed by atoms with Crippen LogP contribution in [-0.2, 0) is 9.53 Å². The molecule has 1 amide bonds. The molecule has 0 bridgehead atoms. The normalized spacial score (nSPS) is 11.9. The van der Waals surface area contributed by atoms with Gasteiger partial charge >= 0.3 is 5.97 Å². The lowest BCUT2D eigenvalue weighted by atomic mass is 10.0. The molecule has 1 aromatic carbocycles. The second-order valence-corrected chi connectivity index (χ2v) is 6.12. The zero-order valence-electron chi connectivity index (χ0n) is 13.6. The molecule has 0 spiro atoms. The van der Waals surface area contributed by atoms with Crippen molar-refractivity contribution in [3.05, 3.63) is 23.8 Å². The summed E-state index contributed by atoms with van der Waals surface area (Å²) in [6, 6.07) is 4.68. The fraction of sp³-hybridized carbons (Fsp3) is 0.500. The van der Waals surface area contributed by atoms with E-state index in [0.717, 1.165) is 4.90 Å². The Balaban J connectivity index is 2.96. The Bertz CT molecular complexity index is 531. The molecule has 0 aliphatic carbocycles. The molecule has 0 aliphatic heterocycles. The van der Waals surface area contributed by atoms with Crippen molar-refractivity contribution in [1.82, 2.24) is 5.32 Å². The summed E-state index contributed by atoms with van der Waals surface area (Å²) < 4.78 is 10.0. The molecule has 1 N–H and O–H groups in total. The zero-order chi connectivity index (χ0) is 16.7. The van der Waals surface area contributed by atoms with Gasteiger partial charge in [0.1, 0.15) is 11.8 Å². The number of amides is 1. The summed E-state index contributed by atoms with van der Waals surface area (Å²) in [5.74, 6) is -0.0509. The van der Waals surface area contributed by atoms with Crippen LogP contribution in [0.2, 0.25) is 0 Å². The van der Waals surface area contributed by atoms with Gasteiger partial charge in [0.05, 0.1) is 19.8 Å². The maximum atomic E-state index is 12.4. The fourth-order valence-corrected chi connectivity index (χ4v) is 2.48. The number of carbonyl (C=O) groups excluding carboxylic acids is 2. The molecule has 0 unspecified atom stereocenters. The average molecular weight is 325 g/mol. The highest BCUT2D eigenvalue weighted by atomic mass is 32.2. The number of ether oxygens (including phenoxy) is 2. The van der Waals surface area contributed by atoms with Crippen LogP contribution in [0, 0.1) is 5.92 Å². The van der Waals surface area contributed by atoms with Crippen molar-refractivity contribution in [1.29, 1.82) is 0 Å². The minimum atomic E-state index is -0.664. The second kappa shape index (κ2) is 8.68. The molecule has 0 saturated carbocycles. The fourth-order valence-electron chi connectivity index (χ4n) is 2.05. The minimum absolute atomic E-state index is 0.255. The number of hydrogen-bond donors (Lipinski definition) is 1. The van der Waals surface area contributed by atoms with Crippen molar-refractivity contribution < 1.29 is 19.1 Å². The summed E-state index contributed by atoms with van der Waals surface area (Å²) in [6.07, 6.45) is 2.47. The second-order valence-electron chi connectivity index (χ2n) is 5.24. The highest BCUT2D eigenvalue weighted by molar-refractivity contribution is 7.98. The Labute approximate surface area is 135 Å². The molecule has 122 valence electrons. The van der Waals surface area contributed by atoms with E-state index in [1.54, 1.807) is 23.9 Å². The average Bonchev–Trinajstić information content (AvgIpc) is 2.52. The van der Waals surface area contributed by atoms with Crippen LogP contribution in [0.25, 0.3) is 0 Å². The first-order chi connectivity index (χ1) is 10.4. The summed E-state index contributed by atoms with van der Waals surface area (Å²) in [5.41, 5.74) is 0.401. The predicted octanol–water partition coefficient (Wildman–Crippen LogP) is 2.73. The molecular formula is C16H23NO4S. The first-order valence-electron chi connectivity index (χ1n) is 7.03. The van der Waals surface area contributed by atoms with Crippen molar-refractivity contribution in [2.75, 3.05) is 20.5 Å². The highest BCUT2D eigenvalue weighted by Gasteiger charge is 2.24. The smallest absolute Gasteiger partial charge is 0.328 e. The number of methoxy groups -OCH3 is 2. The SMILES string of the molecule is COC(=O)[C@@H](CC(C)C)NC(=O)c1ccc(SC)cc1OC. The van der Waals surface area contributed by atoms with Gasteiger partial charge in [-0.05, 0) is 36.8 Å². The van der Waals surface area contributed by atoms with Gasteiger partial charge in [-0.25, -0.2) is 4.79 Å². The molecule has 22 heavy (non-hydrogen) atoms. The van der Waals surface area contributed by atoms with Crippen LogP contribution in [0.15, 0.2) is 23.1 Å². The van der Waals surface area contributed by atoms with Gasteiger partial charge in [0.15, 0.2) is 0 Å². The van der Waals surface area contributed by atoms with E-state index in [4.69, 9.17) is 9.47 Å². The maximum Gasteiger partial charge on any atom is 0.328 e. The first-order valence-corrected chi connectivity index (χ1v) is 8.26. The number of thioether (sulfide) groups is 1. The van der Waals surface area contributed by atoms with E-state index in [1.807, 2.05) is 26.2 Å². The van der Waals surface area contributed by atoms with Crippen LogP contribution in [0.4, 0.5) is 0 Å². The van der Waals surface area contributed by atoms with Crippen LogP contribution < -0.4 is 10.1 Å². The van der Waals surface area contributed by atoms with Gasteiger partial charge < -0.3 is 14.8 Å². The Kier molecular flexibility index (Phi) is 7.24. The third-order valence-electron chi connectivity index (χ3n) is 3.15. The van der Waals surface area contributed by atoms with Gasteiger partial charge in [0.25, 0.3) is 5.91 Å². The molecule has 0 fully saturated rings. The van der Waals surface area contributed by atoms with Gasteiger partial charge in [0, 0.05) is 4.90 Å². The van der Waals surface area contributed by atoms with E-state index in [-0.39, 0.29) is 11.8 Å². The molecule has 0 heterocycles. The van der Waals surface area contributed by atoms with E-state index >= 15 is 0 Å². The van der Waals surface area contributed by atoms with Crippen LogP contribution in [-0.4, -0.2) is 38.4 Å². The third kappa shape index (κ3) is 4.94. The molecular weight excluding hydrogens is 302 g/mol. The van der Waals surface area contributed by atoms with E-state index in [9.17, 15) is 9.59 Å². The Hall–Kier alpha value is -1.69. The molecule has 1 atom stereocenters. The minimum Gasteiger partial charge on any atom is -0.496 e. The highest BCUT2D eigenvalue weighted by Crippen LogP contribution is 2.25. The molecule has 0 radical (unpaired) electrons. The van der Waals surface area contributed by atoms with E-state index in [2.05, 4.69) is 5.32 Å². The Morgan fingerprint density at radius 1 is 1.27 bits per heavy atom. The van der Waals surface area contributed by atoms with Gasteiger partial charge in [-0.2, -0.15) is 0 Å². The number of carbonyl (C=O) groups is 2. The van der Waals surface area contributed by atoms with Crippen molar-refractivity contribution in [3.8, 4) is 5.75 Å². The monoisotopic (exact) mass is 325 g/mol. The molecule has 0 saturated heterocycles. The van der Waals surface area contributed by atoms with Crippen LogP contribution in [0.3, 0.4) is 0 Å². The number of rotatable bonds is 7. The van der Waals surface area contributed by atoms with Crippen molar-refractivity contribution in [2.45, 2.75) is 31.2 Å². The van der Waals surface area contributed by atoms with Crippen molar-refractivity contribution >= 4 is 23.6 Å². The Morgan fingerprint density at radius 2 is 1.95 bits per heavy atom. The van der Waals surface area contributed by atoms with Crippen molar-refractivity contribution in [2.24, 2.45) is 5.92 Å². The van der Waals surface area contributed by atoms with E-state index in [0.29, 0.717) is 17.7 Å². The predicted molar refractivity (Wildman–Crippen MR) is 87.5 cm³/mol. The number of benzene rings is 1. The molecule has 5 nitrogen and oxygen atoms in total. The number of nitrogens with one attached hydrogen (secondary N) is 1. The summed E-state index contributed by atoms with van der Waals surface area (Å²) >= 11 is 1.56. The molecule has 0 aliphatic rings. The summed E-state index contributed by atoms with van der Waals surface area (Å²) in [5, 5.41) is 2.73. The zero-order valence-corrected chi connectivity index (χ0v) is 14.5. The number of esters is 1. The van der Waals surface area contributed by atoms with Gasteiger partial charge in [0.2, 0.25) is 0 Å². The topological polar surface area (TPSA) is 64.6 Å². The van der Waals surface area contributed by atoms with Gasteiger partial charge in [-0.15, -0.1) is 11.8 Å². The van der Waals surface area contributed by atoms with Crippen LogP contribution in [0.5, 0.6) is 5.75 Å². The van der Waals surface area contributed by atoms with Gasteiger partial charge in [-0.3, -0.25) is 4.79 Å². The van der Waals surface area contributed by atoms with Gasteiger partial charge in [-0.1, -0.05) is 13.8 Å². The van der Waals surface area contributed by atoms with Crippen molar-refractivity contribution in [3.63, 3.8) is 0 Å². The lowest BCUT2D eigenvalue weighted by Gasteiger charge is -2.19. The lowest BCUT2D eigenvalue weighted by Crippen LogP contribution is -2.42. The van der Waals surface area contributed by atoms with Crippen LogP contribution in [0.1, 0.15) is 30.6 Å². The first kappa shape index (κ1) is 18.4. The molecule has 6 heteroatoms.